The molecule has 1 radical (unpaired) electrons. The van der Waals surface area contributed by atoms with Gasteiger partial charge in [0.25, 0.3) is 0 Å². The molecule has 3 aromatic carbocycles. The van der Waals surface area contributed by atoms with Crippen molar-refractivity contribution in [1.29, 1.82) is 0 Å². The second kappa shape index (κ2) is 13.4. The zero-order chi connectivity index (χ0) is 28.0. The first kappa shape index (κ1) is 30.6. The maximum Gasteiger partial charge on any atom is 0.238 e. The molecule has 1 atom stereocenters. The van der Waals surface area contributed by atoms with E-state index in [1.54, 1.807) is 52.9 Å². The number of methoxy groups -OCH3 is 4. The number of nitrogens with zero attached hydrogens (tertiary/aromatic N) is 3. The van der Waals surface area contributed by atoms with Crippen molar-refractivity contribution in [3.8, 4) is 23.0 Å². The van der Waals surface area contributed by atoms with Crippen molar-refractivity contribution in [2.45, 2.75) is 25.7 Å². The van der Waals surface area contributed by atoms with Crippen LogP contribution < -0.4 is 23.8 Å². The van der Waals surface area contributed by atoms with Gasteiger partial charge in [0.1, 0.15) is 23.0 Å². The van der Waals surface area contributed by atoms with E-state index in [0.29, 0.717) is 17.1 Å². The SMILES string of the molecule is CCN1\C(=C/C=N/N=C(\O)c2cc(OC)cc(OC)c2)C(C)(Cc2cccc(OC)c2)c2cc(OC)ccc21.[Co]. The average molecular weight is 589 g/mol. The van der Waals surface area contributed by atoms with E-state index in [2.05, 4.69) is 53.2 Å². The summed E-state index contributed by atoms with van der Waals surface area (Å²) in [4.78, 5) is 2.28. The zero-order valence-corrected chi connectivity index (χ0v) is 24.6. The van der Waals surface area contributed by atoms with Crippen molar-refractivity contribution < 1.29 is 40.8 Å². The average Bonchev–Trinajstić information content (AvgIpc) is 3.20. The van der Waals surface area contributed by atoms with Crippen LogP contribution in [0, 0.1) is 0 Å². The van der Waals surface area contributed by atoms with Crippen LogP contribution >= 0.6 is 0 Å². The van der Waals surface area contributed by atoms with E-state index in [4.69, 9.17) is 18.9 Å². The molecule has 9 heteroatoms. The maximum absolute atomic E-state index is 10.6. The van der Waals surface area contributed by atoms with E-state index in [0.717, 1.165) is 41.4 Å². The van der Waals surface area contributed by atoms with Gasteiger partial charge in [0, 0.05) is 51.8 Å². The van der Waals surface area contributed by atoms with Gasteiger partial charge < -0.3 is 29.0 Å². The van der Waals surface area contributed by atoms with Crippen LogP contribution in [0.2, 0.25) is 0 Å². The summed E-state index contributed by atoms with van der Waals surface area (Å²) in [5, 5.41) is 18.8. The fourth-order valence-electron chi connectivity index (χ4n) is 5.06. The van der Waals surface area contributed by atoms with Crippen LogP contribution in [0.4, 0.5) is 5.69 Å². The number of hydrogen-bond donors (Lipinski definition) is 1. The second-order valence-corrected chi connectivity index (χ2v) is 9.33. The van der Waals surface area contributed by atoms with Crippen LogP contribution in [0.1, 0.15) is 30.5 Å². The topological polar surface area (TPSA) is 85.1 Å². The van der Waals surface area contributed by atoms with Gasteiger partial charge in [0.15, 0.2) is 0 Å². The van der Waals surface area contributed by atoms with Crippen LogP contribution in [-0.4, -0.2) is 52.2 Å². The fraction of sp³-hybridized carbons (Fsp3) is 0.290. The molecule has 0 amide bonds. The Labute approximate surface area is 246 Å². The van der Waals surface area contributed by atoms with Gasteiger partial charge in [-0.05, 0) is 79.9 Å². The van der Waals surface area contributed by atoms with Gasteiger partial charge in [-0.2, -0.15) is 5.10 Å². The van der Waals surface area contributed by atoms with Crippen molar-refractivity contribution >= 4 is 17.8 Å². The zero-order valence-electron chi connectivity index (χ0n) is 23.6. The molecule has 1 heterocycles. The summed E-state index contributed by atoms with van der Waals surface area (Å²) in [6.45, 7) is 5.12. The molecule has 0 aromatic heterocycles. The summed E-state index contributed by atoms with van der Waals surface area (Å²) in [5.74, 6) is 2.47. The number of anilines is 1. The first-order valence-electron chi connectivity index (χ1n) is 12.7. The minimum atomic E-state index is -0.385. The van der Waals surface area contributed by atoms with E-state index in [-0.39, 0.29) is 28.1 Å². The minimum absolute atomic E-state index is 0. The summed E-state index contributed by atoms with van der Waals surface area (Å²) < 4.78 is 21.6. The molecule has 3 aromatic rings. The van der Waals surface area contributed by atoms with Gasteiger partial charge in [-0.25, -0.2) is 0 Å². The first-order valence-corrected chi connectivity index (χ1v) is 12.7. The molecule has 0 saturated heterocycles. The predicted octanol–water partition coefficient (Wildman–Crippen LogP) is 5.93. The number of likely N-dealkylation sites (N-methyl/N-ethyl adjacent to an activating group) is 1. The number of benzene rings is 3. The number of aliphatic hydroxyl groups excluding tert-OH is 1. The van der Waals surface area contributed by atoms with Gasteiger partial charge in [0.05, 0.1) is 34.7 Å². The quantitative estimate of drug-likeness (QED) is 0.180. The smallest absolute Gasteiger partial charge is 0.238 e. The summed E-state index contributed by atoms with van der Waals surface area (Å²) in [7, 11) is 6.46. The summed E-state index contributed by atoms with van der Waals surface area (Å²) >= 11 is 0. The largest absolute Gasteiger partial charge is 0.497 e. The van der Waals surface area contributed by atoms with Gasteiger partial charge >= 0.3 is 0 Å². The molecule has 1 N–H and O–H groups in total. The molecule has 8 nitrogen and oxygen atoms in total. The number of rotatable bonds is 10. The van der Waals surface area contributed by atoms with Crippen LogP contribution in [0.25, 0.3) is 0 Å². The van der Waals surface area contributed by atoms with Gasteiger partial charge in [-0.3, -0.25) is 0 Å². The van der Waals surface area contributed by atoms with E-state index >= 15 is 0 Å². The monoisotopic (exact) mass is 588 g/mol. The summed E-state index contributed by atoms with van der Waals surface area (Å²) in [6.07, 6.45) is 4.30. The third-order valence-corrected chi connectivity index (χ3v) is 7.01. The van der Waals surface area contributed by atoms with Crippen molar-refractivity contribution in [1.82, 2.24) is 0 Å². The van der Waals surface area contributed by atoms with Crippen LogP contribution in [0.3, 0.4) is 0 Å². The number of aliphatic hydroxyl groups is 1. The Morgan fingerprint density at radius 3 is 2.15 bits per heavy atom. The number of allylic oxidation sites excluding steroid dienone is 2. The predicted molar refractivity (Wildman–Crippen MR) is 155 cm³/mol. The molecule has 0 fully saturated rings. The van der Waals surface area contributed by atoms with Crippen molar-refractivity contribution in [2.24, 2.45) is 10.2 Å². The molecule has 1 aliphatic rings. The molecular formula is C31H35CoN3O5. The maximum atomic E-state index is 10.6. The standard InChI is InChI=1S/C31H35N3O5.Co/c1-7-34-28-12-11-24(37-4)19-27(28)31(2,20-21-9-8-10-23(15-21)36-3)29(34)13-14-32-33-30(35)22-16-25(38-5)18-26(17-22)39-6;/h8-19H,7,20H2,1-6H3,(H,33,35);/b29-13-,32-14+;. The molecule has 1 aliphatic heterocycles. The Morgan fingerprint density at radius 1 is 0.875 bits per heavy atom. The summed E-state index contributed by atoms with van der Waals surface area (Å²) in [6, 6.07) is 19.4. The molecule has 213 valence electrons. The van der Waals surface area contributed by atoms with Gasteiger partial charge in [-0.1, -0.05) is 12.1 Å². The Morgan fingerprint density at radius 2 is 1.52 bits per heavy atom. The second-order valence-electron chi connectivity index (χ2n) is 9.33. The van der Waals surface area contributed by atoms with Crippen molar-refractivity contribution in [3.05, 3.63) is 89.1 Å². The Balaban J connectivity index is 0.00000441. The Kier molecular flexibility index (Phi) is 10.3. The number of fused-ring (bicyclic) bond motifs is 1. The minimum Gasteiger partial charge on any atom is -0.497 e. The van der Waals surface area contributed by atoms with Crippen molar-refractivity contribution in [3.63, 3.8) is 0 Å². The molecule has 0 bridgehead atoms. The van der Waals surface area contributed by atoms with Gasteiger partial charge in [-0.15, -0.1) is 5.10 Å². The Hall–Kier alpha value is -3.95. The number of ether oxygens (including phenoxy) is 4. The third kappa shape index (κ3) is 6.26. The van der Waals surface area contributed by atoms with Crippen LogP contribution in [-0.2, 0) is 28.6 Å². The van der Waals surface area contributed by atoms with E-state index in [9.17, 15) is 5.11 Å². The van der Waals surface area contributed by atoms with Crippen LogP contribution in [0.5, 0.6) is 23.0 Å². The number of hydrogen-bond acceptors (Lipinski definition) is 7. The van der Waals surface area contributed by atoms with Gasteiger partial charge in [0.2, 0.25) is 5.90 Å². The Bertz CT molecular complexity index is 1400. The molecular weight excluding hydrogens is 553 g/mol. The fourth-order valence-corrected chi connectivity index (χ4v) is 5.06. The van der Waals surface area contributed by atoms with E-state index in [1.165, 1.54) is 5.56 Å². The molecule has 0 saturated carbocycles. The molecule has 40 heavy (non-hydrogen) atoms. The van der Waals surface area contributed by atoms with Crippen LogP contribution in [0.15, 0.2) is 82.6 Å². The molecule has 0 aliphatic carbocycles. The molecule has 1 unspecified atom stereocenters. The first-order chi connectivity index (χ1) is 18.9. The molecule has 4 rings (SSSR count). The van der Waals surface area contributed by atoms with Crippen molar-refractivity contribution in [2.75, 3.05) is 39.9 Å². The van der Waals surface area contributed by atoms with E-state index in [1.807, 2.05) is 24.3 Å². The normalized spacial score (nSPS) is 17.5. The molecule has 0 spiro atoms. The third-order valence-electron chi connectivity index (χ3n) is 7.01. The summed E-state index contributed by atoms with van der Waals surface area (Å²) in [5.41, 5.74) is 4.56. The van der Waals surface area contributed by atoms with E-state index < -0.39 is 0 Å².